The molecule has 0 aromatic rings. The fourth-order valence-electron chi connectivity index (χ4n) is 2.15. The van der Waals surface area contributed by atoms with E-state index in [0.717, 1.165) is 12.8 Å². The molecule has 16 heavy (non-hydrogen) atoms. The molecule has 94 valence electrons. The van der Waals surface area contributed by atoms with Crippen LogP contribution >= 0.6 is 0 Å². The van der Waals surface area contributed by atoms with E-state index in [1.807, 2.05) is 0 Å². The fourth-order valence-corrected chi connectivity index (χ4v) is 2.15. The summed E-state index contributed by atoms with van der Waals surface area (Å²) in [4.78, 5) is 13.1. The number of ether oxygens (including phenoxy) is 1. The number of amides is 1. The van der Waals surface area contributed by atoms with Gasteiger partial charge in [0.05, 0.1) is 13.2 Å². The van der Waals surface area contributed by atoms with Crippen molar-refractivity contribution in [3.63, 3.8) is 0 Å². The van der Waals surface area contributed by atoms with E-state index >= 15 is 0 Å². The molecule has 1 fully saturated rings. The third-order valence-corrected chi connectivity index (χ3v) is 3.03. The van der Waals surface area contributed by atoms with Crippen molar-refractivity contribution in [3.8, 4) is 0 Å². The maximum absolute atomic E-state index is 10.9. The smallest absolute Gasteiger partial charge is 0.407 e. The number of nitrogens with zero attached hydrogens (tertiary/aromatic N) is 1. The van der Waals surface area contributed by atoms with E-state index < -0.39 is 0 Å². The van der Waals surface area contributed by atoms with Crippen LogP contribution in [0.25, 0.3) is 0 Å². The second kappa shape index (κ2) is 6.70. The molecule has 1 atom stereocenters. The summed E-state index contributed by atoms with van der Waals surface area (Å²) in [5.74, 6) is 0. The lowest BCUT2D eigenvalue weighted by atomic mass is 10.1. The van der Waals surface area contributed by atoms with Crippen molar-refractivity contribution in [3.05, 3.63) is 0 Å². The molecule has 1 rings (SSSR count). The van der Waals surface area contributed by atoms with E-state index in [9.17, 15) is 4.79 Å². The number of carbonyl (C=O) groups is 1. The summed E-state index contributed by atoms with van der Waals surface area (Å²) >= 11 is 0. The van der Waals surface area contributed by atoms with Crippen molar-refractivity contribution >= 4 is 6.09 Å². The van der Waals surface area contributed by atoms with E-state index in [1.165, 1.54) is 0 Å². The number of carbonyl (C=O) groups excluding carboxylic acids is 1. The number of aliphatic hydroxyl groups excluding tert-OH is 1. The first-order valence-electron chi connectivity index (χ1n) is 6.00. The molecule has 0 radical (unpaired) electrons. The van der Waals surface area contributed by atoms with Crippen LogP contribution in [0, 0.1) is 0 Å². The van der Waals surface area contributed by atoms with E-state index in [0.29, 0.717) is 25.7 Å². The van der Waals surface area contributed by atoms with Crippen LogP contribution in [0.1, 0.15) is 26.7 Å². The summed E-state index contributed by atoms with van der Waals surface area (Å²) in [5, 5.41) is 11.7. The molecule has 0 bridgehead atoms. The first-order chi connectivity index (χ1) is 7.71. The van der Waals surface area contributed by atoms with Crippen molar-refractivity contribution in [2.75, 3.05) is 26.2 Å². The minimum absolute atomic E-state index is 0.0837. The number of hydrogen-bond donors (Lipinski definition) is 2. The lowest BCUT2D eigenvalue weighted by Crippen LogP contribution is -2.42. The van der Waals surface area contributed by atoms with Crippen LogP contribution in [0.3, 0.4) is 0 Å². The van der Waals surface area contributed by atoms with Crippen LogP contribution in [0.5, 0.6) is 0 Å². The Balaban J connectivity index is 2.46. The molecule has 1 unspecified atom stereocenters. The van der Waals surface area contributed by atoms with E-state index in [2.05, 4.69) is 24.1 Å². The summed E-state index contributed by atoms with van der Waals surface area (Å²) in [6, 6.07) is 0.450. The maximum atomic E-state index is 10.9. The van der Waals surface area contributed by atoms with Gasteiger partial charge in [-0.15, -0.1) is 0 Å². The number of rotatable bonds is 7. The molecule has 0 aromatic heterocycles. The van der Waals surface area contributed by atoms with Gasteiger partial charge >= 0.3 is 6.09 Å². The molecule has 1 aliphatic rings. The highest BCUT2D eigenvalue weighted by Crippen LogP contribution is 2.11. The summed E-state index contributed by atoms with van der Waals surface area (Å²) in [5.41, 5.74) is 0. The third-order valence-electron chi connectivity index (χ3n) is 3.03. The minimum atomic E-state index is -0.335. The minimum Gasteiger partial charge on any atom is -0.443 e. The van der Waals surface area contributed by atoms with Gasteiger partial charge in [0.2, 0.25) is 0 Å². The first-order valence-corrected chi connectivity index (χ1v) is 6.00. The van der Waals surface area contributed by atoms with E-state index in [-0.39, 0.29) is 18.8 Å². The highest BCUT2D eigenvalue weighted by molar-refractivity contribution is 5.69. The topological polar surface area (TPSA) is 61.8 Å². The van der Waals surface area contributed by atoms with Gasteiger partial charge in [0.1, 0.15) is 6.10 Å². The largest absolute Gasteiger partial charge is 0.443 e. The normalized spacial score (nSPS) is 20.3. The van der Waals surface area contributed by atoms with Gasteiger partial charge < -0.3 is 15.2 Å². The van der Waals surface area contributed by atoms with E-state index in [1.54, 1.807) is 0 Å². The molecule has 2 N–H and O–H groups in total. The molecule has 0 aliphatic carbocycles. The Kier molecular flexibility index (Phi) is 5.55. The maximum Gasteiger partial charge on any atom is 0.407 e. The van der Waals surface area contributed by atoms with Crippen LogP contribution in [0.15, 0.2) is 0 Å². The van der Waals surface area contributed by atoms with Gasteiger partial charge in [0.15, 0.2) is 0 Å². The lowest BCUT2D eigenvalue weighted by Gasteiger charge is -2.31. The zero-order valence-electron chi connectivity index (χ0n) is 10.1. The molecular weight excluding hydrogens is 208 g/mol. The van der Waals surface area contributed by atoms with Gasteiger partial charge in [-0.1, -0.05) is 13.8 Å². The van der Waals surface area contributed by atoms with Gasteiger partial charge in [-0.3, -0.25) is 4.90 Å². The lowest BCUT2D eigenvalue weighted by molar-refractivity contribution is 0.0750. The Morgan fingerprint density at radius 2 is 2.25 bits per heavy atom. The zero-order chi connectivity index (χ0) is 12.0. The first kappa shape index (κ1) is 13.3. The SMILES string of the molecule is CCC(CC)N(CCO)CC1CNC(=O)O1. The summed E-state index contributed by atoms with van der Waals surface area (Å²) < 4.78 is 5.10. The Labute approximate surface area is 96.8 Å². The molecule has 5 nitrogen and oxygen atoms in total. The molecule has 1 aliphatic heterocycles. The monoisotopic (exact) mass is 230 g/mol. The Bertz CT molecular complexity index is 219. The average molecular weight is 230 g/mol. The number of hydrogen-bond acceptors (Lipinski definition) is 4. The highest BCUT2D eigenvalue weighted by Gasteiger charge is 2.26. The zero-order valence-corrected chi connectivity index (χ0v) is 10.1. The standard InChI is InChI=1S/C11H22N2O3/c1-3-9(4-2)13(5-6-14)8-10-7-12-11(15)16-10/h9-10,14H,3-8H2,1-2H3,(H,12,15). The molecule has 1 saturated heterocycles. The van der Waals surface area contributed by atoms with Gasteiger partial charge in [-0.05, 0) is 12.8 Å². The second-order valence-electron chi connectivity index (χ2n) is 4.10. The van der Waals surface area contributed by atoms with Crippen molar-refractivity contribution in [2.45, 2.75) is 38.8 Å². The van der Waals surface area contributed by atoms with Crippen molar-refractivity contribution < 1.29 is 14.6 Å². The fraction of sp³-hybridized carbons (Fsp3) is 0.909. The van der Waals surface area contributed by atoms with Crippen LogP contribution < -0.4 is 5.32 Å². The van der Waals surface area contributed by atoms with Crippen molar-refractivity contribution in [1.82, 2.24) is 10.2 Å². The number of nitrogens with one attached hydrogen (secondary N) is 1. The van der Waals surface area contributed by atoms with Crippen LogP contribution in [-0.2, 0) is 4.74 Å². The molecule has 0 aromatic carbocycles. The summed E-state index contributed by atoms with van der Waals surface area (Å²) in [6.07, 6.45) is 1.67. The molecular formula is C11H22N2O3. The van der Waals surface area contributed by atoms with Crippen LogP contribution in [0.2, 0.25) is 0 Å². The van der Waals surface area contributed by atoms with Gasteiger partial charge in [0.25, 0.3) is 0 Å². The predicted octanol–water partition coefficient (Wildman–Crippen LogP) is 0.578. The van der Waals surface area contributed by atoms with E-state index in [4.69, 9.17) is 9.84 Å². The Morgan fingerprint density at radius 3 is 2.69 bits per heavy atom. The van der Waals surface area contributed by atoms with Crippen molar-refractivity contribution in [1.29, 1.82) is 0 Å². The van der Waals surface area contributed by atoms with Gasteiger partial charge in [-0.25, -0.2) is 4.79 Å². The second-order valence-corrected chi connectivity index (χ2v) is 4.10. The quantitative estimate of drug-likeness (QED) is 0.671. The highest BCUT2D eigenvalue weighted by atomic mass is 16.6. The Morgan fingerprint density at radius 1 is 1.56 bits per heavy atom. The summed E-state index contributed by atoms with van der Waals surface area (Å²) in [6.45, 7) is 6.33. The Hall–Kier alpha value is -0.810. The van der Waals surface area contributed by atoms with Gasteiger partial charge in [-0.2, -0.15) is 0 Å². The molecule has 0 saturated carbocycles. The van der Waals surface area contributed by atoms with Crippen molar-refractivity contribution in [2.24, 2.45) is 0 Å². The molecule has 1 amide bonds. The average Bonchev–Trinajstić information content (AvgIpc) is 2.66. The predicted molar refractivity (Wildman–Crippen MR) is 61.3 cm³/mol. The van der Waals surface area contributed by atoms with Crippen LogP contribution in [0.4, 0.5) is 4.79 Å². The van der Waals surface area contributed by atoms with Crippen LogP contribution in [-0.4, -0.2) is 54.5 Å². The number of alkyl carbamates (subject to hydrolysis) is 1. The molecule has 5 heteroatoms. The molecule has 1 heterocycles. The summed E-state index contributed by atoms with van der Waals surface area (Å²) in [7, 11) is 0. The number of aliphatic hydroxyl groups is 1. The third kappa shape index (κ3) is 3.64. The number of cyclic esters (lactones) is 1. The molecule has 0 spiro atoms. The van der Waals surface area contributed by atoms with Gasteiger partial charge in [0, 0.05) is 19.1 Å².